The molecule has 0 fully saturated rings. The first-order chi connectivity index (χ1) is 10.4. The Bertz CT molecular complexity index is 870. The van der Waals surface area contributed by atoms with Crippen LogP contribution in [-0.4, -0.2) is 25.5 Å². The van der Waals surface area contributed by atoms with Crippen LogP contribution >= 0.6 is 0 Å². The molecule has 0 heterocycles. The maximum Gasteiger partial charge on any atom is 0.208 e. The highest BCUT2D eigenvalue weighted by molar-refractivity contribution is 6.01. The Hall–Kier alpha value is -3.08. The Morgan fingerprint density at radius 1 is 0.682 bits per heavy atom. The van der Waals surface area contributed by atoms with Crippen molar-refractivity contribution in [3.05, 3.63) is 42.0 Å². The van der Waals surface area contributed by atoms with Gasteiger partial charge in [0.2, 0.25) is 17.2 Å². The molecule has 0 aliphatic carbocycles. The van der Waals surface area contributed by atoms with Gasteiger partial charge in [-0.05, 0) is 23.3 Å². The van der Waals surface area contributed by atoms with Crippen molar-refractivity contribution in [2.75, 3.05) is 0 Å². The third kappa shape index (κ3) is 1.87. The van der Waals surface area contributed by atoms with Gasteiger partial charge in [-0.2, -0.15) is 0 Å². The fourth-order valence-corrected chi connectivity index (χ4v) is 2.56. The Morgan fingerprint density at radius 2 is 1.27 bits per heavy atom. The van der Waals surface area contributed by atoms with Crippen molar-refractivity contribution >= 4 is 10.8 Å². The Kier molecular flexibility index (Phi) is 2.99. The topological polar surface area (TPSA) is 101 Å². The first-order valence-electron chi connectivity index (χ1n) is 6.60. The summed E-state index contributed by atoms with van der Waals surface area (Å²) >= 11 is 0. The van der Waals surface area contributed by atoms with Gasteiger partial charge in [0.1, 0.15) is 0 Å². The smallest absolute Gasteiger partial charge is 0.208 e. The van der Waals surface area contributed by atoms with E-state index in [9.17, 15) is 25.5 Å². The van der Waals surface area contributed by atoms with E-state index >= 15 is 0 Å². The van der Waals surface area contributed by atoms with Gasteiger partial charge in [0.15, 0.2) is 11.5 Å². The van der Waals surface area contributed by atoms with Crippen molar-refractivity contribution in [3.8, 4) is 39.9 Å². The van der Waals surface area contributed by atoms with Crippen molar-refractivity contribution in [3.63, 3.8) is 0 Å². The summed E-state index contributed by atoms with van der Waals surface area (Å²) in [5.74, 6) is -4.11. The van der Waals surface area contributed by atoms with E-state index in [1.54, 1.807) is 12.1 Å². The van der Waals surface area contributed by atoms with Crippen molar-refractivity contribution in [2.24, 2.45) is 0 Å². The zero-order chi connectivity index (χ0) is 16.0. The number of phenolic OH excluding ortho intramolecular Hbond substituents is 5. The second kappa shape index (κ2) is 4.73. The molecule has 0 aromatic heterocycles. The fourth-order valence-electron chi connectivity index (χ4n) is 2.56. The summed E-state index contributed by atoms with van der Waals surface area (Å²) in [6, 6.07) is 10.9. The summed E-state index contributed by atoms with van der Waals surface area (Å²) in [4.78, 5) is 0. The first-order valence-corrected chi connectivity index (χ1v) is 6.60. The molecule has 112 valence electrons. The molecule has 5 nitrogen and oxygen atoms in total. The van der Waals surface area contributed by atoms with E-state index in [-0.39, 0.29) is 5.56 Å². The molecule has 3 aromatic rings. The van der Waals surface area contributed by atoms with Gasteiger partial charge in [-0.3, -0.25) is 0 Å². The van der Waals surface area contributed by atoms with E-state index in [0.717, 1.165) is 16.3 Å². The first kappa shape index (κ1) is 13.9. The van der Waals surface area contributed by atoms with Crippen LogP contribution < -0.4 is 0 Å². The third-order valence-corrected chi connectivity index (χ3v) is 3.68. The van der Waals surface area contributed by atoms with E-state index in [2.05, 4.69) is 0 Å². The van der Waals surface area contributed by atoms with Gasteiger partial charge in [0.05, 0.1) is 5.56 Å². The number of aromatic hydroxyl groups is 5. The van der Waals surface area contributed by atoms with Crippen LogP contribution in [0.2, 0.25) is 0 Å². The van der Waals surface area contributed by atoms with Crippen molar-refractivity contribution in [1.82, 2.24) is 0 Å². The molecule has 0 aliphatic heterocycles. The molecule has 0 saturated carbocycles. The number of hydrogen-bond acceptors (Lipinski definition) is 5. The van der Waals surface area contributed by atoms with Crippen LogP contribution in [-0.2, 0) is 0 Å². The van der Waals surface area contributed by atoms with Crippen LogP contribution in [0.5, 0.6) is 28.7 Å². The molecule has 5 N–H and O–H groups in total. The van der Waals surface area contributed by atoms with Gasteiger partial charge >= 0.3 is 0 Å². The lowest BCUT2D eigenvalue weighted by atomic mass is 9.95. The molecule has 0 radical (unpaired) electrons. The van der Waals surface area contributed by atoms with E-state index < -0.39 is 28.7 Å². The largest absolute Gasteiger partial charge is 0.504 e. The van der Waals surface area contributed by atoms with E-state index in [1.165, 1.54) is 0 Å². The summed E-state index contributed by atoms with van der Waals surface area (Å²) in [5, 5.41) is 50.6. The molecule has 22 heavy (non-hydrogen) atoms. The molecule has 5 heteroatoms. The summed E-state index contributed by atoms with van der Waals surface area (Å²) < 4.78 is 0. The number of phenols is 5. The van der Waals surface area contributed by atoms with Crippen LogP contribution in [0.3, 0.4) is 0 Å². The van der Waals surface area contributed by atoms with Gasteiger partial charge in [0, 0.05) is 0 Å². The lowest BCUT2D eigenvalue weighted by molar-refractivity contribution is 0.330. The molecule has 3 aromatic carbocycles. The maximum absolute atomic E-state index is 10.1. The Labute approximate surface area is 126 Å². The van der Waals surface area contributed by atoms with Gasteiger partial charge < -0.3 is 25.5 Å². The minimum Gasteiger partial charge on any atom is -0.504 e. The highest BCUT2D eigenvalue weighted by atomic mass is 16.4. The zero-order valence-electron chi connectivity index (χ0n) is 11.7. The van der Waals surface area contributed by atoms with E-state index in [0.29, 0.717) is 5.56 Å². The minimum atomic E-state index is -0.963. The van der Waals surface area contributed by atoms with Gasteiger partial charge in [-0.15, -0.1) is 0 Å². The van der Waals surface area contributed by atoms with E-state index in [1.807, 2.05) is 31.2 Å². The monoisotopic (exact) mass is 298 g/mol. The van der Waals surface area contributed by atoms with Crippen molar-refractivity contribution < 1.29 is 25.5 Å². The fraction of sp³-hybridized carbons (Fsp3) is 0.0588. The number of rotatable bonds is 1. The lowest BCUT2D eigenvalue weighted by Gasteiger charge is -2.14. The van der Waals surface area contributed by atoms with E-state index in [4.69, 9.17) is 0 Å². The highest BCUT2D eigenvalue weighted by Gasteiger charge is 2.25. The SMILES string of the molecule is Cc1ccc2c(-c3c(O)c(O)c(O)c(O)c3O)cccc2c1. The second-order valence-electron chi connectivity index (χ2n) is 5.15. The summed E-state index contributed by atoms with van der Waals surface area (Å²) in [5.41, 5.74) is 1.34. The summed E-state index contributed by atoms with van der Waals surface area (Å²) in [6.07, 6.45) is 0. The number of hydrogen-bond donors (Lipinski definition) is 5. The number of benzene rings is 3. The number of fused-ring (bicyclic) bond motifs is 1. The molecule has 0 bridgehead atoms. The summed E-state index contributed by atoms with van der Waals surface area (Å²) in [6.45, 7) is 1.94. The normalized spacial score (nSPS) is 11.0. The van der Waals surface area contributed by atoms with Crippen LogP contribution in [0, 0.1) is 6.92 Å². The van der Waals surface area contributed by atoms with Gasteiger partial charge in [0.25, 0.3) is 0 Å². The third-order valence-electron chi connectivity index (χ3n) is 3.68. The molecular weight excluding hydrogens is 284 g/mol. The average Bonchev–Trinajstić information content (AvgIpc) is 2.51. The van der Waals surface area contributed by atoms with Crippen LogP contribution in [0.4, 0.5) is 0 Å². The average molecular weight is 298 g/mol. The molecular formula is C17H14O5. The van der Waals surface area contributed by atoms with Crippen LogP contribution in [0.25, 0.3) is 21.9 Å². The highest BCUT2D eigenvalue weighted by Crippen LogP contribution is 2.55. The van der Waals surface area contributed by atoms with Gasteiger partial charge in [-0.1, -0.05) is 42.0 Å². The maximum atomic E-state index is 10.1. The lowest BCUT2D eigenvalue weighted by Crippen LogP contribution is -1.86. The molecule has 0 aliphatic rings. The molecule has 3 rings (SSSR count). The second-order valence-corrected chi connectivity index (χ2v) is 5.15. The predicted octanol–water partition coefficient (Wildman–Crippen LogP) is 3.34. The molecule has 0 saturated heterocycles. The van der Waals surface area contributed by atoms with Crippen LogP contribution in [0.15, 0.2) is 36.4 Å². The minimum absolute atomic E-state index is 0.137. The summed E-state index contributed by atoms with van der Waals surface area (Å²) in [7, 11) is 0. The van der Waals surface area contributed by atoms with Crippen LogP contribution in [0.1, 0.15) is 5.56 Å². The van der Waals surface area contributed by atoms with Crippen molar-refractivity contribution in [1.29, 1.82) is 0 Å². The standard InChI is InChI=1S/C17H14O5/c1-8-5-6-10-9(7-8)3-2-4-11(10)12-13(18)15(20)17(22)16(21)14(12)19/h2-7,18-22H,1H3. The van der Waals surface area contributed by atoms with Crippen molar-refractivity contribution in [2.45, 2.75) is 6.92 Å². The Morgan fingerprint density at radius 3 is 1.91 bits per heavy atom. The quantitative estimate of drug-likeness (QED) is 0.350. The molecule has 0 atom stereocenters. The van der Waals surface area contributed by atoms with Gasteiger partial charge in [-0.25, -0.2) is 0 Å². The molecule has 0 amide bonds. The molecule has 0 spiro atoms. The Balaban J connectivity index is 2.43. The number of aryl methyl sites for hydroxylation is 1. The molecule has 0 unspecified atom stereocenters. The zero-order valence-corrected chi connectivity index (χ0v) is 11.7. The predicted molar refractivity (Wildman–Crippen MR) is 82.4 cm³/mol.